The average molecular weight is 291 g/mol. The van der Waals surface area contributed by atoms with Gasteiger partial charge in [0.15, 0.2) is 0 Å². The van der Waals surface area contributed by atoms with Crippen molar-refractivity contribution in [3.63, 3.8) is 0 Å². The van der Waals surface area contributed by atoms with Crippen molar-refractivity contribution in [1.29, 1.82) is 0 Å². The summed E-state index contributed by atoms with van der Waals surface area (Å²) in [6.07, 6.45) is 1.88. The zero-order valence-corrected chi connectivity index (χ0v) is 11.4. The van der Waals surface area contributed by atoms with Gasteiger partial charge in [-0.2, -0.15) is 0 Å². The van der Waals surface area contributed by atoms with Gasteiger partial charge in [0.05, 0.1) is 4.83 Å². The third kappa shape index (κ3) is 2.75. The van der Waals surface area contributed by atoms with Crippen molar-refractivity contribution in [3.8, 4) is 0 Å². The van der Waals surface area contributed by atoms with E-state index in [2.05, 4.69) is 59.3 Å². The van der Waals surface area contributed by atoms with Gasteiger partial charge in [0.25, 0.3) is 0 Å². The fourth-order valence-electron chi connectivity index (χ4n) is 2.06. The third-order valence-electron chi connectivity index (χ3n) is 3.10. The van der Waals surface area contributed by atoms with Gasteiger partial charge < -0.3 is 4.79 Å². The number of alkyl halides is 1. The van der Waals surface area contributed by atoms with Gasteiger partial charge in [0.2, 0.25) is 0 Å². The SMILES string of the molecule is CC(Cc1cccc2ccccc12)C(Br)C=O. The number of benzene rings is 2. The molecule has 0 N–H and O–H groups in total. The summed E-state index contributed by atoms with van der Waals surface area (Å²) in [6.45, 7) is 2.09. The van der Waals surface area contributed by atoms with E-state index < -0.39 is 0 Å². The molecule has 2 aromatic rings. The van der Waals surface area contributed by atoms with E-state index in [4.69, 9.17) is 0 Å². The van der Waals surface area contributed by atoms with Crippen molar-refractivity contribution in [2.24, 2.45) is 5.92 Å². The molecule has 0 aromatic heterocycles. The van der Waals surface area contributed by atoms with Gasteiger partial charge in [0, 0.05) is 0 Å². The fraction of sp³-hybridized carbons (Fsp3) is 0.267. The summed E-state index contributed by atoms with van der Waals surface area (Å²) < 4.78 is 0. The van der Waals surface area contributed by atoms with E-state index in [1.54, 1.807) is 0 Å². The summed E-state index contributed by atoms with van der Waals surface area (Å²) >= 11 is 3.40. The Morgan fingerprint density at radius 2 is 1.88 bits per heavy atom. The maximum absolute atomic E-state index is 10.8. The summed E-state index contributed by atoms with van der Waals surface area (Å²) in [5.41, 5.74) is 1.31. The van der Waals surface area contributed by atoms with Crippen LogP contribution in [0.4, 0.5) is 0 Å². The van der Waals surface area contributed by atoms with Gasteiger partial charge in [-0.1, -0.05) is 65.3 Å². The number of hydrogen-bond acceptors (Lipinski definition) is 1. The third-order valence-corrected chi connectivity index (χ3v) is 4.21. The molecule has 17 heavy (non-hydrogen) atoms. The summed E-state index contributed by atoms with van der Waals surface area (Å²) in [5.74, 6) is 0.304. The number of halogens is 1. The van der Waals surface area contributed by atoms with Gasteiger partial charge in [-0.15, -0.1) is 0 Å². The molecule has 2 heteroatoms. The minimum absolute atomic E-state index is 0.0681. The lowest BCUT2D eigenvalue weighted by Crippen LogP contribution is -2.14. The van der Waals surface area contributed by atoms with E-state index in [1.807, 2.05) is 6.07 Å². The molecular formula is C15H15BrO. The summed E-state index contributed by atoms with van der Waals surface area (Å²) in [5, 5.41) is 2.54. The second kappa shape index (κ2) is 5.46. The molecule has 88 valence electrons. The van der Waals surface area contributed by atoms with E-state index in [1.165, 1.54) is 16.3 Å². The van der Waals surface area contributed by atoms with Crippen molar-refractivity contribution < 1.29 is 4.79 Å². The zero-order valence-electron chi connectivity index (χ0n) is 9.77. The zero-order chi connectivity index (χ0) is 12.3. The van der Waals surface area contributed by atoms with Crippen molar-refractivity contribution >= 4 is 33.0 Å². The molecule has 2 unspecified atom stereocenters. The predicted octanol–water partition coefficient (Wildman–Crippen LogP) is 3.98. The van der Waals surface area contributed by atoms with Gasteiger partial charge in [0.1, 0.15) is 6.29 Å². The van der Waals surface area contributed by atoms with Crippen LogP contribution in [0.2, 0.25) is 0 Å². The number of rotatable bonds is 4. The van der Waals surface area contributed by atoms with E-state index in [9.17, 15) is 4.79 Å². The van der Waals surface area contributed by atoms with Crippen LogP contribution < -0.4 is 0 Å². The van der Waals surface area contributed by atoms with Gasteiger partial charge in [-0.3, -0.25) is 0 Å². The van der Waals surface area contributed by atoms with Crippen LogP contribution in [-0.4, -0.2) is 11.1 Å². The number of carbonyl (C=O) groups excluding carboxylic acids is 1. The van der Waals surface area contributed by atoms with E-state index in [0.29, 0.717) is 5.92 Å². The molecule has 0 aliphatic rings. The van der Waals surface area contributed by atoms with Crippen LogP contribution >= 0.6 is 15.9 Å². The lowest BCUT2D eigenvalue weighted by Gasteiger charge is -2.14. The van der Waals surface area contributed by atoms with Crippen molar-refractivity contribution in [2.45, 2.75) is 18.2 Å². The Morgan fingerprint density at radius 1 is 1.18 bits per heavy atom. The predicted molar refractivity (Wildman–Crippen MR) is 75.6 cm³/mol. The molecule has 2 aromatic carbocycles. The van der Waals surface area contributed by atoms with Crippen LogP contribution in [0.5, 0.6) is 0 Å². The minimum Gasteiger partial charge on any atom is -0.302 e. The average Bonchev–Trinajstić information content (AvgIpc) is 2.38. The molecular weight excluding hydrogens is 276 g/mol. The highest BCUT2D eigenvalue weighted by atomic mass is 79.9. The highest BCUT2D eigenvalue weighted by Crippen LogP contribution is 2.23. The number of fused-ring (bicyclic) bond motifs is 1. The van der Waals surface area contributed by atoms with Crippen LogP contribution in [0.1, 0.15) is 12.5 Å². The second-order valence-corrected chi connectivity index (χ2v) is 5.46. The summed E-state index contributed by atoms with van der Waals surface area (Å²) in [4.78, 5) is 10.7. The normalized spacial score (nSPS) is 14.5. The standard InChI is InChI=1S/C15H15BrO/c1-11(15(16)10-17)9-13-7-4-6-12-5-2-3-8-14(12)13/h2-8,10-11,15H,9H2,1H3. The Morgan fingerprint density at radius 3 is 2.65 bits per heavy atom. The first-order valence-electron chi connectivity index (χ1n) is 5.78. The molecule has 2 atom stereocenters. The van der Waals surface area contributed by atoms with Crippen molar-refractivity contribution in [1.82, 2.24) is 0 Å². The molecule has 0 amide bonds. The Hall–Kier alpha value is -1.15. The van der Waals surface area contributed by atoms with E-state index in [-0.39, 0.29) is 4.83 Å². The summed E-state index contributed by atoms with van der Waals surface area (Å²) in [6, 6.07) is 14.7. The van der Waals surface area contributed by atoms with Crippen LogP contribution in [0, 0.1) is 5.92 Å². The molecule has 0 aliphatic heterocycles. The Labute approximate surface area is 110 Å². The molecule has 0 saturated heterocycles. The summed E-state index contributed by atoms with van der Waals surface area (Å²) in [7, 11) is 0. The van der Waals surface area contributed by atoms with Gasteiger partial charge in [-0.05, 0) is 28.7 Å². The fourth-order valence-corrected chi connectivity index (χ4v) is 2.25. The Kier molecular flexibility index (Phi) is 3.95. The number of carbonyl (C=O) groups is 1. The van der Waals surface area contributed by atoms with Gasteiger partial charge in [-0.25, -0.2) is 0 Å². The molecule has 0 fully saturated rings. The molecule has 2 rings (SSSR count). The Balaban J connectivity index is 2.33. The first kappa shape index (κ1) is 12.3. The molecule has 0 heterocycles. The van der Waals surface area contributed by atoms with Gasteiger partial charge >= 0.3 is 0 Å². The second-order valence-electron chi connectivity index (χ2n) is 4.40. The van der Waals surface area contributed by atoms with Crippen LogP contribution in [0.15, 0.2) is 42.5 Å². The first-order chi connectivity index (χ1) is 8.22. The molecule has 0 radical (unpaired) electrons. The maximum atomic E-state index is 10.8. The van der Waals surface area contributed by atoms with Crippen LogP contribution in [-0.2, 0) is 11.2 Å². The highest BCUT2D eigenvalue weighted by molar-refractivity contribution is 9.09. The maximum Gasteiger partial charge on any atom is 0.133 e. The van der Waals surface area contributed by atoms with E-state index in [0.717, 1.165) is 12.7 Å². The number of hydrogen-bond donors (Lipinski definition) is 0. The molecule has 1 nitrogen and oxygen atoms in total. The highest BCUT2D eigenvalue weighted by Gasteiger charge is 2.14. The molecule has 0 bridgehead atoms. The largest absolute Gasteiger partial charge is 0.302 e. The van der Waals surface area contributed by atoms with Crippen LogP contribution in [0.3, 0.4) is 0 Å². The smallest absolute Gasteiger partial charge is 0.133 e. The lowest BCUT2D eigenvalue weighted by molar-refractivity contribution is -0.107. The quantitative estimate of drug-likeness (QED) is 0.615. The number of aldehydes is 1. The van der Waals surface area contributed by atoms with Crippen molar-refractivity contribution in [3.05, 3.63) is 48.0 Å². The molecule has 0 spiro atoms. The Bertz CT molecular complexity index is 516. The minimum atomic E-state index is -0.0681. The molecule has 0 saturated carbocycles. The monoisotopic (exact) mass is 290 g/mol. The van der Waals surface area contributed by atoms with Crippen LogP contribution in [0.25, 0.3) is 10.8 Å². The lowest BCUT2D eigenvalue weighted by atomic mass is 9.94. The van der Waals surface area contributed by atoms with Crippen molar-refractivity contribution in [2.75, 3.05) is 0 Å². The van der Waals surface area contributed by atoms with E-state index >= 15 is 0 Å². The first-order valence-corrected chi connectivity index (χ1v) is 6.70. The molecule has 0 aliphatic carbocycles. The topological polar surface area (TPSA) is 17.1 Å².